The second kappa shape index (κ2) is 7.18. The Kier molecular flexibility index (Phi) is 5.25. The van der Waals surface area contributed by atoms with Crippen molar-refractivity contribution in [3.8, 4) is 11.5 Å². The van der Waals surface area contributed by atoms with Crippen molar-refractivity contribution < 1.29 is 24.5 Å². The minimum absolute atomic E-state index is 0.0737. The number of aromatic hydroxyl groups is 2. The van der Waals surface area contributed by atoms with Gasteiger partial charge in [-0.1, -0.05) is 6.92 Å². The number of hydrogen-bond acceptors (Lipinski definition) is 6. The van der Waals surface area contributed by atoms with Gasteiger partial charge in [-0.05, 0) is 24.1 Å². The molecule has 1 unspecified atom stereocenters. The Labute approximate surface area is 138 Å². The quantitative estimate of drug-likeness (QED) is 0.663. The molecule has 0 aliphatic rings. The zero-order valence-electron chi connectivity index (χ0n) is 13.4. The highest BCUT2D eigenvalue weighted by Gasteiger charge is 2.16. The molecule has 1 aromatic carbocycles. The second-order valence-electron chi connectivity index (χ2n) is 5.43. The van der Waals surface area contributed by atoms with Crippen molar-refractivity contribution in [2.24, 2.45) is 0 Å². The van der Waals surface area contributed by atoms with Gasteiger partial charge in [0.15, 0.2) is 0 Å². The van der Waals surface area contributed by atoms with Crippen molar-refractivity contribution in [2.75, 3.05) is 5.32 Å². The van der Waals surface area contributed by atoms with Crippen LogP contribution in [0, 0.1) is 0 Å². The molecule has 2 rings (SSSR count). The predicted molar refractivity (Wildman–Crippen MR) is 87.1 cm³/mol. The zero-order chi connectivity index (χ0) is 17.9. The van der Waals surface area contributed by atoms with Crippen molar-refractivity contribution in [3.63, 3.8) is 0 Å². The van der Waals surface area contributed by atoms with Crippen LogP contribution in [-0.2, 0) is 17.6 Å². The molecule has 0 spiro atoms. The molecule has 0 aliphatic carbocycles. The number of aliphatic hydroxyl groups excluding tert-OH is 1. The Morgan fingerprint density at radius 3 is 2.54 bits per heavy atom. The summed E-state index contributed by atoms with van der Waals surface area (Å²) in [6.07, 6.45) is -0.834. The number of phenolic OH excluding ortho intramolecular Hbond substituents is 1. The number of rotatable bonds is 5. The molecular formula is C17H19NO6. The molecule has 0 saturated carbocycles. The van der Waals surface area contributed by atoms with Gasteiger partial charge in [-0.3, -0.25) is 4.79 Å². The standard InChI is InChI=1S/C17H19NO6/c1-3-14-16(22)8-13(24-17(14)23)7-15(21)10-4-11(18-9(2)19)6-12(20)5-10/h4-6,8,15,20-22H,3,7H2,1-2H3,(H,18,19). The average molecular weight is 333 g/mol. The van der Waals surface area contributed by atoms with Crippen LogP contribution in [0.5, 0.6) is 11.5 Å². The molecule has 128 valence electrons. The molecule has 0 aliphatic heterocycles. The summed E-state index contributed by atoms with van der Waals surface area (Å²) in [6, 6.07) is 5.49. The average Bonchev–Trinajstić information content (AvgIpc) is 2.45. The molecule has 0 fully saturated rings. The molecule has 4 N–H and O–H groups in total. The lowest BCUT2D eigenvalue weighted by Crippen LogP contribution is -2.11. The largest absolute Gasteiger partial charge is 0.508 e. The molecule has 1 heterocycles. The Balaban J connectivity index is 2.27. The molecule has 1 aromatic heterocycles. The van der Waals surface area contributed by atoms with E-state index in [0.717, 1.165) is 0 Å². The number of hydrogen-bond donors (Lipinski definition) is 4. The van der Waals surface area contributed by atoms with Crippen molar-refractivity contribution in [1.82, 2.24) is 0 Å². The van der Waals surface area contributed by atoms with Crippen LogP contribution in [0.15, 0.2) is 33.5 Å². The van der Waals surface area contributed by atoms with Crippen molar-refractivity contribution >= 4 is 11.6 Å². The normalized spacial score (nSPS) is 12.0. The first-order valence-electron chi connectivity index (χ1n) is 7.44. The highest BCUT2D eigenvalue weighted by Crippen LogP contribution is 2.27. The van der Waals surface area contributed by atoms with E-state index in [-0.39, 0.29) is 35.2 Å². The second-order valence-corrected chi connectivity index (χ2v) is 5.43. The SMILES string of the molecule is CCc1c(O)cc(CC(O)c2cc(O)cc(NC(C)=O)c2)oc1=O. The third-order valence-electron chi connectivity index (χ3n) is 3.47. The van der Waals surface area contributed by atoms with E-state index in [1.54, 1.807) is 6.92 Å². The topological polar surface area (TPSA) is 120 Å². The molecule has 1 atom stereocenters. The summed E-state index contributed by atoms with van der Waals surface area (Å²) in [5.74, 6) is -0.495. The molecule has 24 heavy (non-hydrogen) atoms. The van der Waals surface area contributed by atoms with Gasteiger partial charge in [0.1, 0.15) is 17.3 Å². The van der Waals surface area contributed by atoms with Gasteiger partial charge in [0.2, 0.25) is 5.91 Å². The van der Waals surface area contributed by atoms with Crippen LogP contribution in [0.25, 0.3) is 0 Å². The number of benzene rings is 1. The number of phenols is 1. The van der Waals surface area contributed by atoms with Gasteiger partial charge in [0.25, 0.3) is 0 Å². The fraction of sp³-hybridized carbons (Fsp3) is 0.294. The van der Waals surface area contributed by atoms with E-state index in [1.807, 2.05) is 0 Å². The van der Waals surface area contributed by atoms with E-state index in [0.29, 0.717) is 17.7 Å². The lowest BCUT2D eigenvalue weighted by Gasteiger charge is -2.13. The molecule has 7 nitrogen and oxygen atoms in total. The summed E-state index contributed by atoms with van der Waals surface area (Å²) in [6.45, 7) is 3.05. The lowest BCUT2D eigenvalue weighted by molar-refractivity contribution is -0.114. The summed E-state index contributed by atoms with van der Waals surface area (Å²) in [7, 11) is 0. The molecule has 1 amide bonds. The van der Waals surface area contributed by atoms with Crippen LogP contribution < -0.4 is 10.9 Å². The third-order valence-corrected chi connectivity index (χ3v) is 3.47. The Morgan fingerprint density at radius 2 is 1.96 bits per heavy atom. The highest BCUT2D eigenvalue weighted by molar-refractivity contribution is 5.89. The predicted octanol–water partition coefficient (Wildman–Crippen LogP) is 1.85. The van der Waals surface area contributed by atoms with Gasteiger partial charge in [-0.2, -0.15) is 0 Å². The Bertz CT molecular complexity index is 811. The molecule has 2 aromatic rings. The van der Waals surface area contributed by atoms with E-state index >= 15 is 0 Å². The number of carbonyl (C=O) groups excluding carboxylic acids is 1. The summed E-state index contributed by atoms with van der Waals surface area (Å²) in [5, 5.41) is 32.3. The minimum Gasteiger partial charge on any atom is -0.508 e. The molecule has 0 saturated heterocycles. The van der Waals surface area contributed by atoms with Gasteiger partial charge in [0, 0.05) is 31.2 Å². The minimum atomic E-state index is -1.10. The summed E-state index contributed by atoms with van der Waals surface area (Å²) in [5.41, 5.74) is 0.204. The summed E-state index contributed by atoms with van der Waals surface area (Å²) >= 11 is 0. The summed E-state index contributed by atoms with van der Waals surface area (Å²) < 4.78 is 5.09. The maximum absolute atomic E-state index is 11.7. The van der Waals surface area contributed by atoms with Gasteiger partial charge < -0.3 is 25.1 Å². The smallest absolute Gasteiger partial charge is 0.342 e. The molecule has 7 heteroatoms. The third kappa shape index (κ3) is 4.14. The van der Waals surface area contributed by atoms with Gasteiger partial charge in [0.05, 0.1) is 11.7 Å². The van der Waals surface area contributed by atoms with Crippen molar-refractivity contribution in [3.05, 3.63) is 51.6 Å². The number of nitrogens with one attached hydrogen (secondary N) is 1. The van der Waals surface area contributed by atoms with Gasteiger partial charge in [-0.25, -0.2) is 4.79 Å². The maximum Gasteiger partial charge on any atom is 0.342 e. The van der Waals surface area contributed by atoms with E-state index in [1.165, 1.54) is 31.2 Å². The van der Waals surface area contributed by atoms with Crippen molar-refractivity contribution in [1.29, 1.82) is 0 Å². The number of aliphatic hydroxyl groups is 1. The highest BCUT2D eigenvalue weighted by atomic mass is 16.4. The van der Waals surface area contributed by atoms with Crippen LogP contribution in [0.4, 0.5) is 5.69 Å². The number of amides is 1. The monoisotopic (exact) mass is 333 g/mol. The first kappa shape index (κ1) is 17.6. The Hall–Kier alpha value is -2.80. The maximum atomic E-state index is 11.7. The Morgan fingerprint density at radius 1 is 1.25 bits per heavy atom. The van der Waals surface area contributed by atoms with Crippen LogP contribution in [0.2, 0.25) is 0 Å². The van der Waals surface area contributed by atoms with Crippen LogP contribution in [0.3, 0.4) is 0 Å². The van der Waals surface area contributed by atoms with Crippen molar-refractivity contribution in [2.45, 2.75) is 32.8 Å². The van der Waals surface area contributed by atoms with Gasteiger partial charge >= 0.3 is 5.63 Å². The summed E-state index contributed by atoms with van der Waals surface area (Å²) in [4.78, 5) is 22.8. The van der Waals surface area contributed by atoms with E-state index in [4.69, 9.17) is 4.42 Å². The lowest BCUT2D eigenvalue weighted by atomic mass is 10.0. The van der Waals surface area contributed by atoms with E-state index in [2.05, 4.69) is 5.32 Å². The van der Waals surface area contributed by atoms with E-state index in [9.17, 15) is 24.9 Å². The first-order valence-corrected chi connectivity index (χ1v) is 7.44. The van der Waals surface area contributed by atoms with E-state index < -0.39 is 11.7 Å². The molecule has 0 bridgehead atoms. The number of carbonyl (C=O) groups is 1. The fourth-order valence-corrected chi connectivity index (χ4v) is 2.39. The molecule has 0 radical (unpaired) electrons. The van der Waals surface area contributed by atoms with Gasteiger partial charge in [-0.15, -0.1) is 0 Å². The molecular weight excluding hydrogens is 314 g/mol. The number of anilines is 1. The van der Waals surface area contributed by atoms with Crippen LogP contribution >= 0.6 is 0 Å². The first-order chi connectivity index (χ1) is 11.3. The fourth-order valence-electron chi connectivity index (χ4n) is 2.39. The van der Waals surface area contributed by atoms with Crippen LogP contribution in [-0.4, -0.2) is 21.2 Å². The zero-order valence-corrected chi connectivity index (χ0v) is 13.4. The van der Waals surface area contributed by atoms with Crippen LogP contribution in [0.1, 0.15) is 36.8 Å².